The van der Waals surface area contributed by atoms with Gasteiger partial charge in [0.15, 0.2) is 11.7 Å². The summed E-state index contributed by atoms with van der Waals surface area (Å²) in [6.45, 7) is 6.98. The minimum absolute atomic E-state index is 0.0261. The van der Waals surface area contributed by atoms with Crippen LogP contribution in [0, 0.1) is 17.8 Å². The molecular weight excluding hydrogens is 755 g/mol. The predicted molar refractivity (Wildman–Crippen MR) is 204 cm³/mol. The Hall–Kier alpha value is -5.25. The number of ketones is 1. The van der Waals surface area contributed by atoms with Gasteiger partial charge >= 0.3 is 11.9 Å². The number of carbonyl (C=O) groups excluding carboxylic acids is 6. The molecule has 14 N–H and O–H groups in total. The number of aliphatic carboxylic acids is 2. The molecule has 5 amide bonds. The quantitative estimate of drug-likeness (QED) is 0.0386. The molecule has 1 saturated heterocycles. The van der Waals surface area contributed by atoms with Crippen molar-refractivity contribution in [2.45, 2.75) is 102 Å². The molecule has 0 radical (unpaired) electrons. The monoisotopic (exact) mass is 809 g/mol. The molecule has 0 aliphatic carbocycles. The van der Waals surface area contributed by atoms with E-state index in [-0.39, 0.29) is 43.3 Å². The molecule has 1 aliphatic rings. The lowest BCUT2D eigenvalue weighted by Gasteiger charge is -2.29. The SMILES string of the molecule is CCC(C)C1NC(=O)C(NC(=O)C(CC(=O)C(CCCN=C(N)N)NC(=O)C(N)CC(=O)O)C(C)C)CSCC(C(=O)O)NC(=O)C(Cc2cnc[nH]2)NC1=O. The number of hydrogen-bond donors (Lipinski definition) is 11. The molecule has 8 unspecified atom stereocenters. The minimum atomic E-state index is -1.45. The molecule has 1 aliphatic heterocycles. The Morgan fingerprint density at radius 3 is 2.25 bits per heavy atom. The number of carboxylic acids is 2. The summed E-state index contributed by atoms with van der Waals surface area (Å²) in [5, 5.41) is 31.9. The summed E-state index contributed by atoms with van der Waals surface area (Å²) in [6.07, 6.45) is 2.38. The van der Waals surface area contributed by atoms with Crippen LogP contribution in [-0.4, -0.2) is 128 Å². The zero-order chi connectivity index (χ0) is 42.1. The predicted octanol–water partition coefficient (Wildman–Crippen LogP) is -2.66. The molecule has 56 heavy (non-hydrogen) atoms. The smallest absolute Gasteiger partial charge is 0.327 e. The standard InChI is InChI=1S/C34H55N11O10S/c1-5-17(4)27-32(53)42-22(9-18-12-38-15-40-18)30(51)44-24(33(54)55)14-56-13-23(31(52)45-27)43-28(49)19(16(2)3)10-25(46)21(7-6-8-39-34(36)37)41-29(50)20(35)11-26(47)48/h12,15-17,19-24,27H,5-11,13-14,35H2,1-4H3,(H,38,40)(H,41,50)(H,42,53)(H,43,49)(H,44,51)(H,45,52)(H,47,48)(H,54,55)(H4,36,37,39). The first kappa shape index (κ1) is 46.9. The zero-order valence-corrected chi connectivity index (χ0v) is 32.7. The van der Waals surface area contributed by atoms with Crippen molar-refractivity contribution in [1.29, 1.82) is 0 Å². The topological polar surface area (TPSA) is 356 Å². The number of thioether (sulfide) groups is 1. The number of guanidine groups is 1. The van der Waals surface area contributed by atoms with Crippen molar-refractivity contribution in [2.75, 3.05) is 18.1 Å². The molecule has 312 valence electrons. The summed E-state index contributed by atoms with van der Waals surface area (Å²) in [4.78, 5) is 115. The fraction of sp³-hybridized carbons (Fsp3) is 0.647. The molecule has 2 rings (SSSR count). The molecule has 8 atom stereocenters. The second-order valence-corrected chi connectivity index (χ2v) is 15.0. The van der Waals surface area contributed by atoms with Crippen molar-refractivity contribution in [3.63, 3.8) is 0 Å². The van der Waals surface area contributed by atoms with Gasteiger partial charge in [0.1, 0.15) is 24.2 Å². The van der Waals surface area contributed by atoms with Gasteiger partial charge in [-0.1, -0.05) is 34.1 Å². The highest BCUT2D eigenvalue weighted by molar-refractivity contribution is 7.99. The molecule has 21 nitrogen and oxygen atoms in total. The number of nitrogens with zero attached hydrogens (tertiary/aromatic N) is 2. The lowest BCUT2D eigenvalue weighted by molar-refractivity contribution is -0.141. The van der Waals surface area contributed by atoms with Crippen LogP contribution in [0.4, 0.5) is 0 Å². The summed E-state index contributed by atoms with van der Waals surface area (Å²) in [6, 6.07) is -7.79. The van der Waals surface area contributed by atoms with Crippen LogP contribution in [0.1, 0.15) is 65.5 Å². The summed E-state index contributed by atoms with van der Waals surface area (Å²) >= 11 is 0.966. The molecule has 1 fully saturated rings. The number of aliphatic imine (C=N–C) groups is 1. The van der Waals surface area contributed by atoms with Gasteiger partial charge in [0.25, 0.3) is 0 Å². The van der Waals surface area contributed by atoms with E-state index < -0.39 is 114 Å². The van der Waals surface area contributed by atoms with Crippen LogP contribution in [0.5, 0.6) is 0 Å². The molecule has 22 heteroatoms. The summed E-state index contributed by atoms with van der Waals surface area (Å²) in [7, 11) is 0. The average Bonchev–Trinajstić information content (AvgIpc) is 3.64. The number of aromatic amines is 1. The maximum absolute atomic E-state index is 13.9. The van der Waals surface area contributed by atoms with E-state index in [9.17, 15) is 43.5 Å². The van der Waals surface area contributed by atoms with Crippen LogP contribution in [0.3, 0.4) is 0 Å². The lowest BCUT2D eigenvalue weighted by Crippen LogP contribution is -2.60. The summed E-state index contributed by atoms with van der Waals surface area (Å²) in [5.74, 6) is -9.63. The number of nitrogens with two attached hydrogens (primary N) is 3. The number of Topliss-reactive ketones (excluding diaryl/α,β-unsaturated/α-hetero) is 1. The fourth-order valence-corrected chi connectivity index (χ4v) is 6.69. The van der Waals surface area contributed by atoms with Crippen LogP contribution in [-0.2, 0) is 44.8 Å². The number of rotatable bonds is 19. The van der Waals surface area contributed by atoms with Crippen LogP contribution < -0.4 is 43.8 Å². The third-order valence-corrected chi connectivity index (χ3v) is 10.3. The van der Waals surface area contributed by atoms with Gasteiger partial charge in [-0.2, -0.15) is 11.8 Å². The molecule has 0 bridgehead atoms. The zero-order valence-electron chi connectivity index (χ0n) is 31.9. The molecule has 1 aromatic heterocycles. The number of amides is 5. The van der Waals surface area contributed by atoms with Gasteiger partial charge in [-0.3, -0.25) is 38.6 Å². The van der Waals surface area contributed by atoms with E-state index in [1.165, 1.54) is 12.5 Å². The van der Waals surface area contributed by atoms with E-state index in [0.29, 0.717) is 12.1 Å². The molecule has 0 aromatic carbocycles. The van der Waals surface area contributed by atoms with Crippen molar-refractivity contribution >= 4 is 65.0 Å². The first-order valence-corrected chi connectivity index (χ1v) is 19.3. The Balaban J connectivity index is 2.38. The molecule has 1 aromatic rings. The van der Waals surface area contributed by atoms with E-state index in [4.69, 9.17) is 22.3 Å². The first-order chi connectivity index (χ1) is 26.3. The van der Waals surface area contributed by atoms with Crippen molar-refractivity contribution in [1.82, 2.24) is 36.6 Å². The first-order valence-electron chi connectivity index (χ1n) is 18.2. The van der Waals surface area contributed by atoms with Crippen molar-refractivity contribution in [2.24, 2.45) is 39.9 Å². The van der Waals surface area contributed by atoms with E-state index >= 15 is 0 Å². The van der Waals surface area contributed by atoms with Crippen LogP contribution in [0.2, 0.25) is 0 Å². The Morgan fingerprint density at radius 2 is 1.68 bits per heavy atom. The number of aromatic nitrogens is 2. The Kier molecular flexibility index (Phi) is 19.2. The highest BCUT2D eigenvalue weighted by atomic mass is 32.2. The van der Waals surface area contributed by atoms with Gasteiger partial charge < -0.3 is 59.0 Å². The Morgan fingerprint density at radius 1 is 0.982 bits per heavy atom. The van der Waals surface area contributed by atoms with Crippen LogP contribution >= 0.6 is 11.8 Å². The summed E-state index contributed by atoms with van der Waals surface area (Å²) in [5.41, 5.74) is 17.0. The highest BCUT2D eigenvalue weighted by Crippen LogP contribution is 2.20. The maximum Gasteiger partial charge on any atom is 0.327 e. The second kappa shape index (κ2) is 23.0. The van der Waals surface area contributed by atoms with Gasteiger partial charge in [-0.25, -0.2) is 9.78 Å². The van der Waals surface area contributed by atoms with Crippen molar-refractivity contribution in [3.05, 3.63) is 18.2 Å². The van der Waals surface area contributed by atoms with Gasteiger partial charge in [0.2, 0.25) is 29.5 Å². The third kappa shape index (κ3) is 15.5. The Bertz CT molecular complexity index is 1570. The molecule has 2 heterocycles. The largest absolute Gasteiger partial charge is 0.481 e. The van der Waals surface area contributed by atoms with Gasteiger partial charge in [0, 0.05) is 48.7 Å². The van der Waals surface area contributed by atoms with Crippen LogP contribution in [0.25, 0.3) is 0 Å². The molecular formula is C34H55N11O10S. The Labute approximate surface area is 328 Å². The third-order valence-electron chi connectivity index (χ3n) is 9.17. The number of H-pyrrole nitrogens is 1. The number of carbonyl (C=O) groups is 8. The number of hydrogen-bond acceptors (Lipinski definition) is 12. The lowest BCUT2D eigenvalue weighted by atomic mass is 9.87. The average molecular weight is 810 g/mol. The van der Waals surface area contributed by atoms with Gasteiger partial charge in [0.05, 0.1) is 24.8 Å². The number of carboxylic acid groups (broad SMARTS) is 2. The van der Waals surface area contributed by atoms with E-state index in [2.05, 4.69) is 41.5 Å². The normalized spacial score (nSPS) is 21.6. The minimum Gasteiger partial charge on any atom is -0.481 e. The van der Waals surface area contributed by atoms with Gasteiger partial charge in [-0.05, 0) is 24.7 Å². The van der Waals surface area contributed by atoms with Crippen molar-refractivity contribution in [3.8, 4) is 0 Å². The van der Waals surface area contributed by atoms with Gasteiger partial charge in [-0.15, -0.1) is 0 Å². The fourth-order valence-electron chi connectivity index (χ4n) is 5.62. The maximum atomic E-state index is 13.9. The van der Waals surface area contributed by atoms with E-state index in [0.717, 1.165) is 11.8 Å². The van der Waals surface area contributed by atoms with E-state index in [1.807, 2.05) is 0 Å². The van der Waals surface area contributed by atoms with Crippen LogP contribution in [0.15, 0.2) is 17.5 Å². The highest BCUT2D eigenvalue weighted by Gasteiger charge is 2.37. The number of nitrogens with one attached hydrogen (secondary N) is 6. The summed E-state index contributed by atoms with van der Waals surface area (Å²) < 4.78 is 0. The number of imidazole rings is 1. The second-order valence-electron chi connectivity index (χ2n) is 13.9. The molecule has 0 saturated carbocycles. The van der Waals surface area contributed by atoms with E-state index in [1.54, 1.807) is 27.7 Å². The van der Waals surface area contributed by atoms with Crippen molar-refractivity contribution < 1.29 is 48.6 Å². The molecule has 0 spiro atoms.